The summed E-state index contributed by atoms with van der Waals surface area (Å²) in [4.78, 5) is 47.8. The van der Waals surface area contributed by atoms with Crippen LogP contribution >= 0.6 is 0 Å². The van der Waals surface area contributed by atoms with Gasteiger partial charge >= 0.3 is 23.9 Å². The molecule has 0 aromatic heterocycles. The molecular formula is C26H44O7. The summed E-state index contributed by atoms with van der Waals surface area (Å²) in [5.41, 5.74) is -2.24. The van der Waals surface area contributed by atoms with Crippen molar-refractivity contribution in [3.8, 4) is 5.75 Å². The van der Waals surface area contributed by atoms with E-state index in [9.17, 15) is 19.2 Å². The van der Waals surface area contributed by atoms with E-state index in [-0.39, 0.29) is 42.5 Å². The normalized spacial score (nSPS) is 18.7. The van der Waals surface area contributed by atoms with E-state index in [2.05, 4.69) is 0 Å². The van der Waals surface area contributed by atoms with Crippen molar-refractivity contribution in [2.45, 2.75) is 96.1 Å². The Morgan fingerprint density at radius 3 is 1.94 bits per heavy atom. The zero-order valence-corrected chi connectivity index (χ0v) is 17.8. The topological polar surface area (TPSA) is 96.0 Å². The van der Waals surface area contributed by atoms with E-state index < -0.39 is 40.3 Å². The zero-order chi connectivity index (χ0) is 22.0. The van der Waals surface area contributed by atoms with Crippen molar-refractivity contribution in [2.75, 3.05) is 0 Å². The van der Waals surface area contributed by atoms with Crippen LogP contribution < -0.4 is 4.74 Å². The van der Waals surface area contributed by atoms with E-state index in [1.165, 1.54) is 6.92 Å². The molecule has 0 bridgehead atoms. The standard InChI is InChI=1S/C22H28O7.4CH4/c1-7-21(5,13-22(6)12-17(24)28-18(22)25)19(26)29-20(3,4)15-8-10-16(11-9-15)27-14(2)23;;;;/h8-11H,7,12-13H2,1-6H3;4*1H4. The molecular weight excluding hydrogens is 424 g/mol. The second kappa shape index (κ2) is 12.5. The van der Waals surface area contributed by atoms with E-state index in [4.69, 9.17) is 14.2 Å². The first kappa shape index (κ1) is 34.9. The van der Waals surface area contributed by atoms with Gasteiger partial charge in [0.25, 0.3) is 0 Å². The van der Waals surface area contributed by atoms with Crippen LogP contribution in [-0.2, 0) is 34.3 Å². The van der Waals surface area contributed by atoms with Gasteiger partial charge < -0.3 is 14.2 Å². The molecule has 0 aliphatic carbocycles. The number of carbonyl (C=O) groups is 4. The largest absolute Gasteiger partial charge is 0.454 e. The Balaban J connectivity index is -0.00000225. The molecule has 1 fully saturated rings. The number of rotatable bonds is 7. The maximum atomic E-state index is 13.1. The fourth-order valence-corrected chi connectivity index (χ4v) is 3.49. The highest BCUT2D eigenvalue weighted by molar-refractivity contribution is 5.97. The molecule has 33 heavy (non-hydrogen) atoms. The molecule has 1 aliphatic heterocycles. The Morgan fingerprint density at radius 1 is 1.03 bits per heavy atom. The van der Waals surface area contributed by atoms with Gasteiger partial charge in [-0.3, -0.25) is 19.2 Å². The summed E-state index contributed by atoms with van der Waals surface area (Å²) < 4.78 is 15.5. The van der Waals surface area contributed by atoms with Crippen LogP contribution in [-0.4, -0.2) is 23.9 Å². The zero-order valence-electron chi connectivity index (χ0n) is 17.8. The predicted octanol–water partition coefficient (Wildman–Crippen LogP) is 6.22. The summed E-state index contributed by atoms with van der Waals surface area (Å²) in [6, 6.07) is 6.71. The number of ether oxygens (including phenoxy) is 3. The van der Waals surface area contributed by atoms with E-state index >= 15 is 0 Å². The van der Waals surface area contributed by atoms with Crippen molar-refractivity contribution in [1.29, 1.82) is 0 Å². The monoisotopic (exact) mass is 468 g/mol. The lowest BCUT2D eigenvalue weighted by molar-refractivity contribution is -0.172. The molecule has 0 N–H and O–H groups in total. The molecule has 7 nitrogen and oxygen atoms in total. The van der Waals surface area contributed by atoms with Gasteiger partial charge in [-0.25, -0.2) is 0 Å². The quantitative estimate of drug-likeness (QED) is 0.266. The van der Waals surface area contributed by atoms with Crippen LogP contribution in [0.4, 0.5) is 0 Å². The summed E-state index contributed by atoms with van der Waals surface area (Å²) in [7, 11) is 0. The van der Waals surface area contributed by atoms with Crippen LogP contribution in [0, 0.1) is 10.8 Å². The third kappa shape index (κ3) is 7.98. The lowest BCUT2D eigenvalue weighted by Crippen LogP contribution is -2.40. The molecule has 190 valence electrons. The van der Waals surface area contributed by atoms with Gasteiger partial charge in [-0.15, -0.1) is 0 Å². The average Bonchev–Trinajstić information content (AvgIpc) is 2.85. The Hall–Kier alpha value is -2.70. The highest BCUT2D eigenvalue weighted by atomic mass is 16.6. The highest BCUT2D eigenvalue weighted by Gasteiger charge is 2.51. The molecule has 2 atom stereocenters. The average molecular weight is 469 g/mol. The number of benzene rings is 1. The van der Waals surface area contributed by atoms with Crippen molar-refractivity contribution in [3.05, 3.63) is 29.8 Å². The summed E-state index contributed by atoms with van der Waals surface area (Å²) in [5, 5.41) is 0. The molecule has 0 amide bonds. The van der Waals surface area contributed by atoms with Gasteiger partial charge in [0.05, 0.1) is 17.3 Å². The van der Waals surface area contributed by atoms with Crippen LogP contribution in [0.3, 0.4) is 0 Å². The van der Waals surface area contributed by atoms with E-state index in [1.54, 1.807) is 52.0 Å². The first-order valence-electron chi connectivity index (χ1n) is 9.59. The van der Waals surface area contributed by atoms with Gasteiger partial charge in [0.2, 0.25) is 0 Å². The third-order valence-electron chi connectivity index (χ3n) is 5.45. The molecule has 1 aromatic carbocycles. The van der Waals surface area contributed by atoms with Crippen molar-refractivity contribution in [2.24, 2.45) is 10.8 Å². The minimum absolute atomic E-state index is 0. The maximum Gasteiger partial charge on any atom is 0.320 e. The minimum atomic E-state index is -1.04. The molecule has 7 heteroatoms. The molecule has 0 radical (unpaired) electrons. The van der Waals surface area contributed by atoms with Gasteiger partial charge in [-0.2, -0.15) is 0 Å². The summed E-state index contributed by atoms with van der Waals surface area (Å²) in [6.07, 6.45) is 0.543. The summed E-state index contributed by atoms with van der Waals surface area (Å²) in [5.74, 6) is -1.64. The lowest BCUT2D eigenvalue weighted by Gasteiger charge is -2.36. The summed E-state index contributed by atoms with van der Waals surface area (Å²) >= 11 is 0. The van der Waals surface area contributed by atoms with Crippen LogP contribution in [0.5, 0.6) is 5.75 Å². The molecule has 0 spiro atoms. The third-order valence-corrected chi connectivity index (χ3v) is 5.45. The van der Waals surface area contributed by atoms with Crippen LogP contribution in [0.25, 0.3) is 0 Å². The van der Waals surface area contributed by atoms with Crippen LogP contribution in [0.1, 0.15) is 96.1 Å². The van der Waals surface area contributed by atoms with E-state index in [0.717, 1.165) is 5.56 Å². The van der Waals surface area contributed by atoms with Gasteiger partial charge in [0.15, 0.2) is 0 Å². The van der Waals surface area contributed by atoms with Gasteiger partial charge in [-0.05, 0) is 58.2 Å². The Bertz CT molecular complexity index is 826. The molecule has 2 unspecified atom stereocenters. The number of hydrogen-bond donors (Lipinski definition) is 0. The summed E-state index contributed by atoms with van der Waals surface area (Å²) in [6.45, 7) is 10.1. The number of hydrogen-bond acceptors (Lipinski definition) is 7. The van der Waals surface area contributed by atoms with Crippen LogP contribution in [0.15, 0.2) is 24.3 Å². The SMILES string of the molecule is C.C.C.C.CCC(C)(CC1(C)CC(=O)OC1=O)C(=O)OC(C)(C)c1ccc(OC(C)=O)cc1. The molecule has 1 aromatic rings. The molecule has 2 rings (SSSR count). The second-order valence-electron chi connectivity index (χ2n) is 8.61. The van der Waals surface area contributed by atoms with Crippen molar-refractivity contribution in [3.63, 3.8) is 0 Å². The first-order valence-corrected chi connectivity index (χ1v) is 9.59. The Kier molecular flexibility index (Phi) is 13.2. The predicted molar refractivity (Wildman–Crippen MR) is 131 cm³/mol. The van der Waals surface area contributed by atoms with E-state index in [0.29, 0.717) is 12.2 Å². The van der Waals surface area contributed by atoms with Crippen molar-refractivity contribution < 1.29 is 33.4 Å². The Labute approximate surface area is 200 Å². The number of cyclic esters (lactones) is 2. The fourth-order valence-electron chi connectivity index (χ4n) is 3.49. The molecule has 1 saturated heterocycles. The maximum absolute atomic E-state index is 13.1. The van der Waals surface area contributed by atoms with Gasteiger partial charge in [-0.1, -0.05) is 48.8 Å². The number of carbonyl (C=O) groups excluding carboxylic acids is 4. The van der Waals surface area contributed by atoms with E-state index in [1.807, 2.05) is 6.92 Å². The van der Waals surface area contributed by atoms with Gasteiger partial charge in [0.1, 0.15) is 11.4 Å². The molecule has 0 saturated carbocycles. The minimum Gasteiger partial charge on any atom is -0.454 e. The van der Waals surface area contributed by atoms with Crippen molar-refractivity contribution in [1.82, 2.24) is 0 Å². The number of esters is 4. The Morgan fingerprint density at radius 2 is 1.55 bits per heavy atom. The highest BCUT2D eigenvalue weighted by Crippen LogP contribution is 2.44. The molecule has 1 aliphatic rings. The lowest BCUT2D eigenvalue weighted by atomic mass is 9.70. The van der Waals surface area contributed by atoms with Gasteiger partial charge in [0, 0.05) is 6.92 Å². The second-order valence-corrected chi connectivity index (χ2v) is 8.61. The molecule has 1 heterocycles. The fraction of sp³-hybridized carbons (Fsp3) is 0.615. The smallest absolute Gasteiger partial charge is 0.320 e. The van der Waals surface area contributed by atoms with Crippen molar-refractivity contribution >= 4 is 23.9 Å². The first-order chi connectivity index (χ1) is 13.3. The van der Waals surface area contributed by atoms with Crippen LogP contribution in [0.2, 0.25) is 0 Å².